The fourth-order valence-corrected chi connectivity index (χ4v) is 3.35. The van der Waals surface area contributed by atoms with Crippen molar-refractivity contribution in [1.29, 1.82) is 0 Å². The van der Waals surface area contributed by atoms with E-state index in [0.717, 1.165) is 0 Å². The first-order valence-electron chi connectivity index (χ1n) is 5.36. The Hall–Kier alpha value is -0.380. The standard InChI is InChI=1S/C11H16ClO4P/c1-3-15-17(14,16-4-2)11(13)9-7-5-6-8-10(9)12/h5-8,11,13H,3-4H2,1-2H3. The molecule has 1 unspecified atom stereocenters. The minimum Gasteiger partial charge on any atom is -0.376 e. The zero-order valence-electron chi connectivity index (χ0n) is 9.80. The molecule has 1 aromatic rings. The Bertz CT molecular complexity index is 400. The first-order chi connectivity index (χ1) is 8.05. The van der Waals surface area contributed by atoms with Crippen molar-refractivity contribution in [3.8, 4) is 0 Å². The lowest BCUT2D eigenvalue weighted by Gasteiger charge is -2.23. The van der Waals surface area contributed by atoms with Gasteiger partial charge in [0.1, 0.15) is 0 Å². The minimum atomic E-state index is -3.59. The smallest absolute Gasteiger partial charge is 0.363 e. The van der Waals surface area contributed by atoms with Crippen LogP contribution in [0.2, 0.25) is 5.02 Å². The van der Waals surface area contributed by atoms with E-state index in [1.807, 2.05) is 0 Å². The van der Waals surface area contributed by atoms with Gasteiger partial charge in [0.25, 0.3) is 0 Å². The van der Waals surface area contributed by atoms with Gasteiger partial charge in [-0.15, -0.1) is 0 Å². The van der Waals surface area contributed by atoms with E-state index in [1.165, 1.54) is 0 Å². The third-order valence-corrected chi connectivity index (χ3v) is 4.56. The molecule has 0 heterocycles. The maximum absolute atomic E-state index is 12.3. The van der Waals surface area contributed by atoms with Gasteiger partial charge in [0.2, 0.25) is 0 Å². The largest absolute Gasteiger partial charge is 0.376 e. The van der Waals surface area contributed by atoms with Gasteiger partial charge >= 0.3 is 7.60 Å². The van der Waals surface area contributed by atoms with Gasteiger partial charge in [-0.05, 0) is 19.9 Å². The molecule has 1 aromatic carbocycles. The van der Waals surface area contributed by atoms with Crippen LogP contribution in [-0.4, -0.2) is 18.3 Å². The van der Waals surface area contributed by atoms with Crippen LogP contribution in [0.3, 0.4) is 0 Å². The highest BCUT2D eigenvalue weighted by Crippen LogP contribution is 2.60. The van der Waals surface area contributed by atoms with Crippen LogP contribution in [0, 0.1) is 0 Å². The number of aliphatic hydroxyl groups is 1. The van der Waals surface area contributed by atoms with Crippen LogP contribution in [0.25, 0.3) is 0 Å². The van der Waals surface area contributed by atoms with Gasteiger partial charge in [-0.2, -0.15) is 0 Å². The van der Waals surface area contributed by atoms with Crippen LogP contribution in [0.15, 0.2) is 24.3 Å². The van der Waals surface area contributed by atoms with Crippen LogP contribution in [-0.2, 0) is 13.6 Å². The average Bonchev–Trinajstić information content (AvgIpc) is 2.29. The molecule has 1 N–H and O–H groups in total. The molecule has 0 aliphatic carbocycles. The molecule has 96 valence electrons. The van der Waals surface area contributed by atoms with Gasteiger partial charge in [0.05, 0.1) is 13.2 Å². The molecule has 4 nitrogen and oxygen atoms in total. The molecule has 0 aromatic heterocycles. The predicted molar refractivity (Wildman–Crippen MR) is 67.3 cm³/mol. The highest BCUT2D eigenvalue weighted by Gasteiger charge is 2.36. The lowest BCUT2D eigenvalue weighted by molar-refractivity contribution is 0.150. The Morgan fingerprint density at radius 1 is 1.29 bits per heavy atom. The van der Waals surface area contributed by atoms with Crippen molar-refractivity contribution in [3.05, 3.63) is 34.9 Å². The molecule has 1 rings (SSSR count). The molecule has 0 aliphatic rings. The van der Waals surface area contributed by atoms with E-state index in [2.05, 4.69) is 0 Å². The molecule has 0 radical (unpaired) electrons. The van der Waals surface area contributed by atoms with Crippen LogP contribution in [0.5, 0.6) is 0 Å². The van der Waals surface area contributed by atoms with Crippen LogP contribution < -0.4 is 0 Å². The first-order valence-corrected chi connectivity index (χ1v) is 7.35. The molecule has 17 heavy (non-hydrogen) atoms. The summed E-state index contributed by atoms with van der Waals surface area (Å²) >= 11 is 5.93. The van der Waals surface area contributed by atoms with E-state index >= 15 is 0 Å². The molecule has 0 spiro atoms. The second-order valence-electron chi connectivity index (χ2n) is 3.27. The Morgan fingerprint density at radius 2 is 1.82 bits per heavy atom. The molecular formula is C11H16ClO4P. The Kier molecular flexibility index (Phi) is 5.63. The molecule has 0 bridgehead atoms. The van der Waals surface area contributed by atoms with Gasteiger partial charge in [0.15, 0.2) is 5.85 Å². The number of benzene rings is 1. The van der Waals surface area contributed by atoms with Gasteiger partial charge in [0, 0.05) is 10.6 Å². The summed E-state index contributed by atoms with van der Waals surface area (Å²) in [4.78, 5) is 0. The van der Waals surface area contributed by atoms with E-state index in [1.54, 1.807) is 38.1 Å². The molecule has 0 amide bonds. The normalized spacial score (nSPS) is 13.6. The lowest BCUT2D eigenvalue weighted by Crippen LogP contribution is -2.06. The summed E-state index contributed by atoms with van der Waals surface area (Å²) in [6.07, 6.45) is 0. The van der Waals surface area contributed by atoms with E-state index in [0.29, 0.717) is 10.6 Å². The van der Waals surface area contributed by atoms with Crippen molar-refractivity contribution in [2.75, 3.05) is 13.2 Å². The third kappa shape index (κ3) is 3.54. The van der Waals surface area contributed by atoms with Crippen molar-refractivity contribution >= 4 is 19.2 Å². The second kappa shape index (κ2) is 6.53. The van der Waals surface area contributed by atoms with Crippen LogP contribution in [0.1, 0.15) is 25.3 Å². The number of hydrogen-bond acceptors (Lipinski definition) is 4. The summed E-state index contributed by atoms with van der Waals surface area (Å²) in [5, 5.41) is 10.4. The molecular weight excluding hydrogens is 263 g/mol. The van der Waals surface area contributed by atoms with Crippen LogP contribution in [0.4, 0.5) is 0 Å². The highest BCUT2D eigenvalue weighted by atomic mass is 35.5. The topological polar surface area (TPSA) is 55.8 Å². The van der Waals surface area contributed by atoms with Crippen molar-refractivity contribution in [3.63, 3.8) is 0 Å². The average molecular weight is 279 g/mol. The Morgan fingerprint density at radius 3 is 2.29 bits per heavy atom. The maximum Gasteiger partial charge on any atom is 0.363 e. The van der Waals surface area contributed by atoms with Gasteiger partial charge in [-0.1, -0.05) is 29.8 Å². The highest BCUT2D eigenvalue weighted by molar-refractivity contribution is 7.54. The number of hydrogen-bond donors (Lipinski definition) is 1. The maximum atomic E-state index is 12.3. The summed E-state index contributed by atoms with van der Waals surface area (Å²) in [5.41, 5.74) is 0.347. The monoisotopic (exact) mass is 278 g/mol. The van der Waals surface area contributed by atoms with E-state index in [-0.39, 0.29) is 13.2 Å². The lowest BCUT2D eigenvalue weighted by atomic mass is 10.2. The number of aliphatic hydroxyl groups excluding tert-OH is 1. The summed E-state index contributed by atoms with van der Waals surface area (Å²) < 4.78 is 22.4. The zero-order chi connectivity index (χ0) is 12.9. The Labute approximate surface area is 106 Å². The summed E-state index contributed by atoms with van der Waals surface area (Å²) in [5.74, 6) is -1.36. The van der Waals surface area contributed by atoms with Crippen LogP contribution >= 0.6 is 19.2 Å². The van der Waals surface area contributed by atoms with Gasteiger partial charge in [-0.3, -0.25) is 4.57 Å². The molecule has 0 fully saturated rings. The zero-order valence-corrected chi connectivity index (χ0v) is 11.4. The fraction of sp³-hybridized carbons (Fsp3) is 0.455. The minimum absolute atomic E-state index is 0.193. The molecule has 6 heteroatoms. The van der Waals surface area contributed by atoms with Gasteiger partial charge < -0.3 is 14.2 Å². The SMILES string of the molecule is CCOP(=O)(OCC)C(O)c1ccccc1Cl. The molecule has 0 saturated heterocycles. The summed E-state index contributed by atoms with van der Waals surface area (Å²) in [6, 6.07) is 6.64. The fourth-order valence-electron chi connectivity index (χ4n) is 1.39. The van der Waals surface area contributed by atoms with E-state index in [9.17, 15) is 9.67 Å². The third-order valence-electron chi connectivity index (χ3n) is 2.10. The Balaban J connectivity index is 3.04. The predicted octanol–water partition coefficient (Wildman–Crippen LogP) is 3.60. The van der Waals surface area contributed by atoms with Crippen molar-refractivity contribution in [2.45, 2.75) is 19.7 Å². The van der Waals surface area contributed by atoms with Crippen molar-refractivity contribution < 1.29 is 18.7 Å². The molecule has 0 aliphatic heterocycles. The van der Waals surface area contributed by atoms with Gasteiger partial charge in [-0.25, -0.2) is 0 Å². The molecule has 1 atom stereocenters. The summed E-state index contributed by atoms with van der Waals surface area (Å²) in [7, 11) is -3.59. The van der Waals surface area contributed by atoms with E-state index in [4.69, 9.17) is 20.6 Å². The number of rotatable bonds is 6. The summed E-state index contributed by atoms with van der Waals surface area (Å²) in [6.45, 7) is 3.76. The quantitative estimate of drug-likeness (QED) is 0.808. The second-order valence-corrected chi connectivity index (χ2v) is 5.76. The molecule has 0 saturated carbocycles. The van der Waals surface area contributed by atoms with E-state index < -0.39 is 13.4 Å². The first kappa shape index (κ1) is 14.7. The number of halogens is 1. The van der Waals surface area contributed by atoms with Crippen molar-refractivity contribution in [1.82, 2.24) is 0 Å². The van der Waals surface area contributed by atoms with Crippen molar-refractivity contribution in [2.24, 2.45) is 0 Å².